The van der Waals surface area contributed by atoms with Gasteiger partial charge in [-0.25, -0.2) is 0 Å². The van der Waals surface area contributed by atoms with Crippen LogP contribution in [0.25, 0.3) is 0 Å². The Labute approximate surface area is 224 Å². The number of ketones is 1. The smallest absolute Gasteiger partial charge is 0.169 e. The lowest BCUT2D eigenvalue weighted by Gasteiger charge is -2.62. The predicted octanol–water partition coefficient (Wildman–Crippen LogP) is 4.82. The third-order valence-corrected chi connectivity index (χ3v) is 12.9. The first-order valence-electron chi connectivity index (χ1n) is 15.5. The van der Waals surface area contributed by atoms with Crippen LogP contribution in [-0.2, 0) is 19.0 Å². The second-order valence-corrected chi connectivity index (χ2v) is 14.3. The maximum absolute atomic E-state index is 14.3. The summed E-state index contributed by atoms with van der Waals surface area (Å²) >= 11 is 0. The summed E-state index contributed by atoms with van der Waals surface area (Å²) in [7, 11) is 0. The Morgan fingerprint density at radius 1 is 0.946 bits per heavy atom. The van der Waals surface area contributed by atoms with Crippen molar-refractivity contribution in [2.45, 2.75) is 116 Å². The van der Waals surface area contributed by atoms with Crippen molar-refractivity contribution in [3.05, 3.63) is 0 Å². The maximum Gasteiger partial charge on any atom is 0.169 e. The highest BCUT2D eigenvalue weighted by atomic mass is 16.7. The van der Waals surface area contributed by atoms with Gasteiger partial charge in [-0.3, -0.25) is 9.69 Å². The molecule has 9 atom stereocenters. The normalized spacial score (nSPS) is 49.4. The van der Waals surface area contributed by atoms with Gasteiger partial charge in [0.25, 0.3) is 0 Å². The number of aliphatic hydroxyl groups excluding tert-OH is 1. The molecule has 4 aliphatic carbocycles. The number of hydrogen-bond donors (Lipinski definition) is 1. The molecule has 6 aliphatic rings. The Hall–Kier alpha value is -0.530. The number of Topliss-reactive ketones (excluding diaryl/α,β-unsaturated/α-hetero) is 1. The highest BCUT2D eigenvalue weighted by Crippen LogP contribution is 2.68. The predicted molar refractivity (Wildman–Crippen MR) is 142 cm³/mol. The van der Waals surface area contributed by atoms with E-state index in [1.165, 1.54) is 6.42 Å². The van der Waals surface area contributed by atoms with Gasteiger partial charge in [0.1, 0.15) is 5.78 Å². The van der Waals surface area contributed by atoms with Gasteiger partial charge < -0.3 is 19.3 Å². The number of nitrogens with zero attached hydrogens (tertiary/aromatic N) is 1. The summed E-state index contributed by atoms with van der Waals surface area (Å²) in [6.45, 7) is 15.2. The average molecular weight is 518 g/mol. The lowest BCUT2D eigenvalue weighted by atomic mass is 9.43. The van der Waals surface area contributed by atoms with Crippen LogP contribution in [0.1, 0.15) is 92.4 Å². The molecule has 2 saturated heterocycles. The number of fused-ring (bicyclic) bond motifs is 5. The Kier molecular flexibility index (Phi) is 6.68. The van der Waals surface area contributed by atoms with Crippen molar-refractivity contribution < 1.29 is 24.1 Å². The first kappa shape index (κ1) is 26.7. The molecule has 210 valence electrons. The molecule has 6 fully saturated rings. The Morgan fingerprint density at radius 3 is 2.38 bits per heavy atom. The second kappa shape index (κ2) is 9.26. The molecule has 2 aliphatic heterocycles. The number of carbonyl (C=O) groups excluding carboxylic acids is 1. The molecule has 6 heteroatoms. The van der Waals surface area contributed by atoms with E-state index in [4.69, 9.17) is 14.2 Å². The fourth-order valence-corrected chi connectivity index (χ4v) is 10.9. The molecule has 0 amide bonds. The average Bonchev–Trinajstić information content (AvgIpc) is 3.47. The summed E-state index contributed by atoms with van der Waals surface area (Å²) in [5.41, 5.74) is -0.181. The van der Waals surface area contributed by atoms with Crippen molar-refractivity contribution >= 4 is 5.78 Å². The second-order valence-electron chi connectivity index (χ2n) is 14.3. The molecule has 0 bridgehead atoms. The van der Waals surface area contributed by atoms with E-state index in [1.54, 1.807) is 0 Å². The third-order valence-electron chi connectivity index (χ3n) is 12.9. The topological polar surface area (TPSA) is 68.2 Å². The van der Waals surface area contributed by atoms with Gasteiger partial charge in [0, 0.05) is 37.4 Å². The minimum atomic E-state index is -0.543. The van der Waals surface area contributed by atoms with Gasteiger partial charge in [0.05, 0.1) is 31.5 Å². The van der Waals surface area contributed by atoms with Gasteiger partial charge in [-0.2, -0.15) is 0 Å². The molecular weight excluding hydrogens is 466 g/mol. The number of ether oxygens (including phenoxy) is 3. The molecule has 6 rings (SSSR count). The molecule has 0 spiro atoms. The minimum absolute atomic E-state index is 0.0348. The van der Waals surface area contributed by atoms with Crippen molar-refractivity contribution in [2.75, 3.05) is 32.9 Å². The molecule has 0 aromatic heterocycles. The highest BCUT2D eigenvalue weighted by Gasteiger charge is 2.67. The van der Waals surface area contributed by atoms with E-state index in [0.717, 1.165) is 64.6 Å². The van der Waals surface area contributed by atoms with Crippen LogP contribution in [-0.4, -0.2) is 72.2 Å². The molecule has 37 heavy (non-hydrogen) atoms. The summed E-state index contributed by atoms with van der Waals surface area (Å²) in [4.78, 5) is 16.8. The molecule has 6 nitrogen and oxygen atoms in total. The summed E-state index contributed by atoms with van der Waals surface area (Å²) in [5, 5.41) is 11.4. The lowest BCUT2D eigenvalue weighted by molar-refractivity contribution is -0.218. The summed E-state index contributed by atoms with van der Waals surface area (Å²) in [6, 6.07) is 0.123. The fourth-order valence-electron chi connectivity index (χ4n) is 10.9. The zero-order valence-electron chi connectivity index (χ0n) is 24.0. The van der Waals surface area contributed by atoms with E-state index in [-0.39, 0.29) is 40.4 Å². The molecular formula is C31H51NO5. The zero-order valence-corrected chi connectivity index (χ0v) is 24.0. The molecule has 0 radical (unpaired) electrons. The minimum Gasteiger partial charge on any atom is -0.391 e. The van der Waals surface area contributed by atoms with Crippen molar-refractivity contribution in [3.8, 4) is 0 Å². The van der Waals surface area contributed by atoms with Crippen LogP contribution in [0, 0.1) is 40.4 Å². The van der Waals surface area contributed by atoms with Crippen LogP contribution < -0.4 is 0 Å². The van der Waals surface area contributed by atoms with E-state index in [0.29, 0.717) is 43.2 Å². The molecule has 0 aromatic carbocycles. The Bertz CT molecular complexity index is 883. The fraction of sp³-hybridized carbons (Fsp3) is 0.968. The lowest BCUT2D eigenvalue weighted by Crippen LogP contribution is -2.64. The van der Waals surface area contributed by atoms with Crippen molar-refractivity contribution in [2.24, 2.45) is 40.4 Å². The van der Waals surface area contributed by atoms with E-state index in [2.05, 4.69) is 39.5 Å². The van der Waals surface area contributed by atoms with E-state index in [9.17, 15) is 9.90 Å². The third kappa shape index (κ3) is 3.94. The van der Waals surface area contributed by atoms with E-state index >= 15 is 0 Å². The Morgan fingerprint density at radius 2 is 1.68 bits per heavy atom. The summed E-state index contributed by atoms with van der Waals surface area (Å²) < 4.78 is 18.6. The van der Waals surface area contributed by atoms with Crippen LogP contribution in [0.4, 0.5) is 0 Å². The monoisotopic (exact) mass is 517 g/mol. The van der Waals surface area contributed by atoms with Gasteiger partial charge in [-0.15, -0.1) is 0 Å². The largest absolute Gasteiger partial charge is 0.391 e. The van der Waals surface area contributed by atoms with Crippen LogP contribution >= 0.6 is 0 Å². The number of aliphatic hydroxyl groups is 1. The van der Waals surface area contributed by atoms with Gasteiger partial charge in [-0.05, 0) is 86.9 Å². The first-order chi connectivity index (χ1) is 17.6. The number of carbonyl (C=O) groups is 1. The van der Waals surface area contributed by atoms with E-state index < -0.39 is 5.79 Å². The number of hydrogen-bond acceptors (Lipinski definition) is 6. The van der Waals surface area contributed by atoms with Gasteiger partial charge in [0.15, 0.2) is 5.79 Å². The molecule has 1 N–H and O–H groups in total. The van der Waals surface area contributed by atoms with Crippen molar-refractivity contribution in [1.82, 2.24) is 4.90 Å². The highest BCUT2D eigenvalue weighted by molar-refractivity contribution is 5.84. The number of morpholine rings is 1. The van der Waals surface area contributed by atoms with Gasteiger partial charge >= 0.3 is 0 Å². The molecule has 0 unspecified atom stereocenters. The van der Waals surface area contributed by atoms with Crippen LogP contribution in [0.2, 0.25) is 0 Å². The maximum atomic E-state index is 14.3. The zero-order chi connectivity index (χ0) is 26.2. The number of rotatable bonds is 4. The Balaban J connectivity index is 1.27. The van der Waals surface area contributed by atoms with Crippen molar-refractivity contribution in [3.63, 3.8) is 0 Å². The summed E-state index contributed by atoms with van der Waals surface area (Å²) in [5.74, 6) is 1.80. The van der Waals surface area contributed by atoms with Gasteiger partial charge in [-0.1, -0.05) is 27.7 Å². The van der Waals surface area contributed by atoms with Gasteiger partial charge in [0.2, 0.25) is 0 Å². The van der Waals surface area contributed by atoms with Crippen molar-refractivity contribution in [1.29, 1.82) is 0 Å². The standard InChI is InChI=1S/C31H51NO5/c1-6-31(7-2)19-32(12-13-37-31)23-17-28(3)20(16-24(23)33)8-9-21-22-10-11-26(30(5)35-14-15-36-30)29(22,4)18-25(34)27(21)28/h20-24,26-27,33H,6-19H2,1-5H3/t20-,21-,22-,23-,24-,26-,27+,28-,29-/m0/s1. The first-order valence-corrected chi connectivity index (χ1v) is 15.5. The van der Waals surface area contributed by atoms with Crippen LogP contribution in [0.15, 0.2) is 0 Å². The quantitative estimate of drug-likeness (QED) is 0.577. The SMILES string of the molecule is CCC1(CC)CN([C@H]2C[C@@]3(C)[C@@H](CC[C@H]4[C@@H]5CC[C@H](C6(C)OCCO6)[C@@]5(C)CC(=O)[C@@H]43)C[C@@H]2O)CCO1. The molecule has 0 aromatic rings. The van der Waals surface area contributed by atoms with Crippen LogP contribution in [0.5, 0.6) is 0 Å². The van der Waals surface area contributed by atoms with E-state index in [1.807, 2.05) is 0 Å². The molecule has 2 heterocycles. The van der Waals surface area contributed by atoms with Crippen LogP contribution in [0.3, 0.4) is 0 Å². The molecule has 4 saturated carbocycles. The summed E-state index contributed by atoms with van der Waals surface area (Å²) in [6.07, 6.45) is 8.68.